The number of benzene rings is 2. The number of carbonyl (C=O) groups excluding carboxylic acids is 1. The highest BCUT2D eigenvalue weighted by molar-refractivity contribution is 5.91. The fourth-order valence-electron chi connectivity index (χ4n) is 2.16. The molecular formula is C18H22N2O3. The van der Waals surface area contributed by atoms with Crippen molar-refractivity contribution < 1.29 is 14.3 Å². The molecule has 0 radical (unpaired) electrons. The van der Waals surface area contributed by atoms with Crippen LogP contribution in [0.4, 0.5) is 11.4 Å². The van der Waals surface area contributed by atoms with Crippen LogP contribution in [0.1, 0.15) is 18.4 Å². The second-order valence-corrected chi connectivity index (χ2v) is 5.27. The van der Waals surface area contributed by atoms with Gasteiger partial charge >= 0.3 is 0 Å². The Hall–Kier alpha value is -2.69. The fourth-order valence-corrected chi connectivity index (χ4v) is 2.16. The zero-order valence-electron chi connectivity index (χ0n) is 13.5. The number of aryl methyl sites for hydroxylation is 1. The van der Waals surface area contributed by atoms with E-state index in [9.17, 15) is 4.79 Å². The average molecular weight is 314 g/mol. The van der Waals surface area contributed by atoms with E-state index in [1.165, 1.54) is 0 Å². The fraction of sp³-hybridized carbons (Fsp3) is 0.278. The number of nitrogen functional groups attached to an aromatic ring is 1. The van der Waals surface area contributed by atoms with Crippen molar-refractivity contribution in [2.75, 3.05) is 24.8 Å². The van der Waals surface area contributed by atoms with E-state index in [0.29, 0.717) is 36.6 Å². The van der Waals surface area contributed by atoms with Crippen LogP contribution in [0.5, 0.6) is 11.5 Å². The minimum absolute atomic E-state index is 0.0672. The molecule has 0 fully saturated rings. The van der Waals surface area contributed by atoms with Gasteiger partial charge in [0.15, 0.2) is 0 Å². The predicted molar refractivity (Wildman–Crippen MR) is 91.9 cm³/mol. The van der Waals surface area contributed by atoms with Gasteiger partial charge in [-0.25, -0.2) is 0 Å². The van der Waals surface area contributed by atoms with Gasteiger partial charge in [0, 0.05) is 12.1 Å². The summed E-state index contributed by atoms with van der Waals surface area (Å²) in [7, 11) is 1.55. The van der Waals surface area contributed by atoms with E-state index in [2.05, 4.69) is 5.32 Å². The third-order valence-electron chi connectivity index (χ3n) is 3.32. The van der Waals surface area contributed by atoms with Crippen LogP contribution in [0.2, 0.25) is 0 Å². The minimum atomic E-state index is -0.0672. The Bertz CT molecular complexity index is 671. The Morgan fingerprint density at radius 1 is 1.22 bits per heavy atom. The van der Waals surface area contributed by atoms with Crippen molar-refractivity contribution in [3.63, 3.8) is 0 Å². The minimum Gasteiger partial charge on any atom is -0.495 e. The van der Waals surface area contributed by atoms with Crippen molar-refractivity contribution in [2.45, 2.75) is 19.8 Å². The van der Waals surface area contributed by atoms with Crippen LogP contribution >= 0.6 is 0 Å². The number of anilines is 2. The molecule has 3 N–H and O–H groups in total. The standard InChI is InChI=1S/C18H22N2O3/c1-13-5-3-6-15(11-13)23-10-4-7-18(21)20-14-8-9-17(22-2)16(19)12-14/h3,5-6,8-9,11-12H,4,7,10,19H2,1-2H3,(H,20,21). The van der Waals surface area contributed by atoms with E-state index < -0.39 is 0 Å². The molecule has 0 aliphatic carbocycles. The molecule has 23 heavy (non-hydrogen) atoms. The summed E-state index contributed by atoms with van der Waals surface area (Å²) in [5.41, 5.74) is 8.11. The number of hydrogen-bond donors (Lipinski definition) is 2. The molecule has 2 aromatic rings. The predicted octanol–water partition coefficient (Wildman–Crippen LogP) is 3.38. The SMILES string of the molecule is COc1ccc(NC(=O)CCCOc2cccc(C)c2)cc1N. The molecule has 5 nitrogen and oxygen atoms in total. The summed E-state index contributed by atoms with van der Waals surface area (Å²) in [6, 6.07) is 13.0. The highest BCUT2D eigenvalue weighted by Gasteiger charge is 2.05. The number of nitrogens with one attached hydrogen (secondary N) is 1. The average Bonchev–Trinajstić information content (AvgIpc) is 2.52. The van der Waals surface area contributed by atoms with Crippen molar-refractivity contribution >= 4 is 17.3 Å². The quantitative estimate of drug-likeness (QED) is 0.607. The molecule has 5 heteroatoms. The number of methoxy groups -OCH3 is 1. The van der Waals surface area contributed by atoms with Crippen LogP contribution in [0, 0.1) is 6.92 Å². The van der Waals surface area contributed by atoms with E-state index in [1.807, 2.05) is 31.2 Å². The molecule has 0 spiro atoms. The Kier molecular flexibility index (Phi) is 5.86. The van der Waals surface area contributed by atoms with Crippen molar-refractivity contribution in [2.24, 2.45) is 0 Å². The molecule has 0 aliphatic heterocycles. The molecule has 122 valence electrons. The molecule has 0 aliphatic rings. The van der Waals surface area contributed by atoms with Crippen molar-refractivity contribution in [1.29, 1.82) is 0 Å². The van der Waals surface area contributed by atoms with Gasteiger partial charge in [0.25, 0.3) is 0 Å². The lowest BCUT2D eigenvalue weighted by Gasteiger charge is -2.09. The lowest BCUT2D eigenvalue weighted by atomic mass is 10.2. The third-order valence-corrected chi connectivity index (χ3v) is 3.32. The Balaban J connectivity index is 1.74. The van der Waals surface area contributed by atoms with Crippen LogP contribution < -0.4 is 20.5 Å². The number of ether oxygens (including phenoxy) is 2. The number of carbonyl (C=O) groups is 1. The monoisotopic (exact) mass is 314 g/mol. The number of rotatable bonds is 7. The lowest BCUT2D eigenvalue weighted by molar-refractivity contribution is -0.116. The molecule has 0 bridgehead atoms. The van der Waals surface area contributed by atoms with Crippen LogP contribution in [0.25, 0.3) is 0 Å². The third kappa shape index (κ3) is 5.21. The summed E-state index contributed by atoms with van der Waals surface area (Å²) in [4.78, 5) is 11.9. The molecule has 0 saturated heterocycles. The number of hydrogen-bond acceptors (Lipinski definition) is 4. The van der Waals surface area contributed by atoms with E-state index >= 15 is 0 Å². The summed E-state index contributed by atoms with van der Waals surface area (Å²) in [6.45, 7) is 2.52. The number of nitrogens with two attached hydrogens (primary N) is 1. The summed E-state index contributed by atoms with van der Waals surface area (Å²) in [5.74, 6) is 1.35. The van der Waals surface area contributed by atoms with Gasteiger partial charge in [0.2, 0.25) is 5.91 Å². The second kappa shape index (κ2) is 8.08. The van der Waals surface area contributed by atoms with Crippen molar-refractivity contribution in [1.82, 2.24) is 0 Å². The first kappa shape index (κ1) is 16.7. The summed E-state index contributed by atoms with van der Waals surface area (Å²) in [6.07, 6.45) is 1.03. The summed E-state index contributed by atoms with van der Waals surface area (Å²) >= 11 is 0. The molecule has 0 aromatic heterocycles. The van der Waals surface area contributed by atoms with Crippen LogP contribution in [0.15, 0.2) is 42.5 Å². The van der Waals surface area contributed by atoms with Crippen molar-refractivity contribution in [3.05, 3.63) is 48.0 Å². The molecule has 0 saturated carbocycles. The maximum absolute atomic E-state index is 11.9. The first-order valence-electron chi connectivity index (χ1n) is 7.51. The first-order valence-corrected chi connectivity index (χ1v) is 7.51. The van der Waals surface area contributed by atoms with Gasteiger partial charge in [-0.3, -0.25) is 4.79 Å². The van der Waals surface area contributed by atoms with Gasteiger partial charge in [-0.1, -0.05) is 12.1 Å². The van der Waals surface area contributed by atoms with Crippen LogP contribution in [-0.4, -0.2) is 19.6 Å². The zero-order valence-corrected chi connectivity index (χ0v) is 13.5. The topological polar surface area (TPSA) is 73.6 Å². The van der Waals surface area contributed by atoms with E-state index in [0.717, 1.165) is 11.3 Å². The molecular weight excluding hydrogens is 292 g/mol. The maximum atomic E-state index is 11.9. The zero-order chi connectivity index (χ0) is 16.7. The van der Waals surface area contributed by atoms with Gasteiger partial charge in [0.1, 0.15) is 11.5 Å². The van der Waals surface area contributed by atoms with Gasteiger partial charge < -0.3 is 20.5 Å². The van der Waals surface area contributed by atoms with Gasteiger partial charge in [-0.15, -0.1) is 0 Å². The molecule has 1 amide bonds. The van der Waals surface area contributed by atoms with Gasteiger partial charge in [-0.2, -0.15) is 0 Å². The Labute approximate surface area is 136 Å². The Morgan fingerprint density at radius 2 is 2.04 bits per heavy atom. The van der Waals surface area contributed by atoms with Gasteiger partial charge in [0.05, 0.1) is 19.4 Å². The molecule has 2 aromatic carbocycles. The van der Waals surface area contributed by atoms with E-state index in [-0.39, 0.29) is 5.91 Å². The molecule has 0 heterocycles. The highest BCUT2D eigenvalue weighted by Crippen LogP contribution is 2.24. The molecule has 0 unspecified atom stereocenters. The van der Waals surface area contributed by atoms with Gasteiger partial charge in [-0.05, 0) is 49.2 Å². The first-order chi connectivity index (χ1) is 11.1. The van der Waals surface area contributed by atoms with Crippen LogP contribution in [-0.2, 0) is 4.79 Å². The maximum Gasteiger partial charge on any atom is 0.224 e. The van der Waals surface area contributed by atoms with Crippen LogP contribution in [0.3, 0.4) is 0 Å². The summed E-state index contributed by atoms with van der Waals surface area (Å²) in [5, 5.41) is 2.81. The molecule has 2 rings (SSSR count). The second-order valence-electron chi connectivity index (χ2n) is 5.27. The normalized spacial score (nSPS) is 10.2. The summed E-state index contributed by atoms with van der Waals surface area (Å²) < 4.78 is 10.7. The largest absolute Gasteiger partial charge is 0.495 e. The smallest absolute Gasteiger partial charge is 0.224 e. The van der Waals surface area contributed by atoms with Crippen molar-refractivity contribution in [3.8, 4) is 11.5 Å². The highest BCUT2D eigenvalue weighted by atomic mass is 16.5. The number of amides is 1. The van der Waals surface area contributed by atoms with E-state index in [4.69, 9.17) is 15.2 Å². The lowest BCUT2D eigenvalue weighted by Crippen LogP contribution is -2.13. The molecule has 0 atom stereocenters. The Morgan fingerprint density at radius 3 is 2.74 bits per heavy atom. The van der Waals surface area contributed by atoms with E-state index in [1.54, 1.807) is 25.3 Å².